The molecule has 0 aliphatic heterocycles. The van der Waals surface area contributed by atoms with Gasteiger partial charge in [0.25, 0.3) is 11.8 Å². The van der Waals surface area contributed by atoms with E-state index in [1.807, 2.05) is 13.0 Å². The Hall–Kier alpha value is -4.52. The lowest BCUT2D eigenvalue weighted by Crippen LogP contribution is -2.52. The number of ether oxygens (including phenoxy) is 2. The summed E-state index contributed by atoms with van der Waals surface area (Å²) < 4.78 is 10.4. The third-order valence-electron chi connectivity index (χ3n) is 5.35. The highest BCUT2D eigenvalue weighted by molar-refractivity contribution is 6.00. The summed E-state index contributed by atoms with van der Waals surface area (Å²) in [5, 5.41) is 5.12. The van der Waals surface area contributed by atoms with Crippen molar-refractivity contribution in [2.45, 2.75) is 58.7 Å². The van der Waals surface area contributed by atoms with Crippen LogP contribution in [0.4, 0.5) is 10.5 Å². The van der Waals surface area contributed by atoms with Gasteiger partial charge >= 0.3 is 6.09 Å². The van der Waals surface area contributed by atoms with E-state index in [4.69, 9.17) is 21.6 Å². The molecule has 38 heavy (non-hydrogen) atoms. The van der Waals surface area contributed by atoms with Crippen molar-refractivity contribution in [2.75, 3.05) is 12.4 Å². The fourth-order valence-electron chi connectivity index (χ4n) is 3.70. The number of rotatable bonds is 9. The highest BCUT2D eigenvalue weighted by Crippen LogP contribution is 2.28. The van der Waals surface area contributed by atoms with Crippen LogP contribution in [0, 0.1) is 26.3 Å². The largest absolute Gasteiger partial charge is 0.497 e. The van der Waals surface area contributed by atoms with E-state index in [0.29, 0.717) is 22.6 Å². The number of aryl methyl sites for hydroxylation is 2. The summed E-state index contributed by atoms with van der Waals surface area (Å²) in [6.07, 6.45) is 4.26. The normalized spacial score (nSPS) is 12.3. The summed E-state index contributed by atoms with van der Waals surface area (Å²) in [5.41, 5.74) is 7.03. The van der Waals surface area contributed by atoms with Gasteiger partial charge in [-0.2, -0.15) is 0 Å². The number of nitrogens with two attached hydrogens (primary N) is 1. The minimum atomic E-state index is -1.47. The smallest absolute Gasteiger partial charge is 0.408 e. The summed E-state index contributed by atoms with van der Waals surface area (Å²) in [4.78, 5) is 52.3. The minimum absolute atomic E-state index is 0.440. The molecule has 0 radical (unpaired) electrons. The van der Waals surface area contributed by atoms with Crippen molar-refractivity contribution in [3.63, 3.8) is 0 Å². The van der Waals surface area contributed by atoms with Crippen LogP contribution in [0.3, 0.4) is 0 Å². The average molecular weight is 523 g/mol. The van der Waals surface area contributed by atoms with Gasteiger partial charge in [-0.05, 0) is 70.0 Å². The number of primary amides is 1. The van der Waals surface area contributed by atoms with E-state index < -0.39 is 47.9 Å². The minimum Gasteiger partial charge on any atom is -0.497 e. The number of amides is 4. The van der Waals surface area contributed by atoms with Gasteiger partial charge in [0.1, 0.15) is 23.4 Å². The molecule has 0 aliphatic carbocycles. The molecular formula is C28H34N4O6. The van der Waals surface area contributed by atoms with Crippen LogP contribution in [0.5, 0.6) is 5.75 Å². The van der Waals surface area contributed by atoms with Gasteiger partial charge in [0.15, 0.2) is 0 Å². The van der Waals surface area contributed by atoms with E-state index in [-0.39, 0.29) is 0 Å². The summed E-state index contributed by atoms with van der Waals surface area (Å²) in [7, 11) is 1.52. The summed E-state index contributed by atoms with van der Waals surface area (Å²) >= 11 is 0. The van der Waals surface area contributed by atoms with Crippen LogP contribution >= 0.6 is 0 Å². The molecule has 0 saturated carbocycles. The van der Waals surface area contributed by atoms with Crippen LogP contribution in [0.15, 0.2) is 42.5 Å². The molecule has 2 atom stereocenters. The number of terminal acetylenes is 1. The summed E-state index contributed by atoms with van der Waals surface area (Å²) in [6, 6.07) is 11.4. The number of nitrogens with zero attached hydrogens (tertiary/aromatic N) is 1. The van der Waals surface area contributed by atoms with Crippen molar-refractivity contribution in [3.8, 4) is 18.2 Å². The molecule has 0 bridgehead atoms. The fraction of sp³-hybridized carbons (Fsp3) is 0.357. The maximum atomic E-state index is 13.7. The monoisotopic (exact) mass is 522 g/mol. The van der Waals surface area contributed by atoms with Gasteiger partial charge in [-0.3, -0.25) is 19.3 Å². The molecule has 0 fully saturated rings. The first kappa shape index (κ1) is 29.7. The highest BCUT2D eigenvalue weighted by Gasteiger charge is 2.37. The Morgan fingerprint density at radius 2 is 1.71 bits per heavy atom. The number of carbonyl (C=O) groups is 4. The molecule has 10 heteroatoms. The molecule has 10 nitrogen and oxygen atoms in total. The molecule has 4 amide bonds. The van der Waals surface area contributed by atoms with Gasteiger partial charge < -0.3 is 25.8 Å². The Bertz CT molecular complexity index is 1230. The van der Waals surface area contributed by atoms with Gasteiger partial charge in [0, 0.05) is 11.7 Å². The Balaban J connectivity index is 2.50. The summed E-state index contributed by atoms with van der Waals surface area (Å²) in [6.45, 7) is 8.61. The van der Waals surface area contributed by atoms with Crippen molar-refractivity contribution >= 4 is 29.5 Å². The van der Waals surface area contributed by atoms with Crippen LogP contribution in [0.1, 0.15) is 49.9 Å². The third kappa shape index (κ3) is 8.27. The molecule has 0 aliphatic rings. The Morgan fingerprint density at radius 1 is 1.08 bits per heavy atom. The standard InChI is InChI=1S/C28H34N4O6/c1-8-32(26(35)22(16-23(29)33)31-27(36)38-28(4,5)6)24(21-14-9-17(2)15-18(21)3)25(34)30-19-10-12-20(37-7)13-11-19/h1,9-15,22,24H,16H2,2-7H3,(H2,29,33)(H,30,34)(H,31,36). The van der Waals surface area contributed by atoms with Crippen molar-refractivity contribution < 1.29 is 28.7 Å². The van der Waals surface area contributed by atoms with Crippen LogP contribution in [-0.2, 0) is 19.1 Å². The fourth-order valence-corrected chi connectivity index (χ4v) is 3.70. The number of anilines is 1. The van der Waals surface area contributed by atoms with Crippen molar-refractivity contribution in [1.29, 1.82) is 0 Å². The molecule has 0 heterocycles. The van der Waals surface area contributed by atoms with E-state index >= 15 is 0 Å². The SMILES string of the molecule is C#CN(C(=O)C(CC(N)=O)NC(=O)OC(C)(C)C)C(C(=O)Nc1ccc(OC)cc1)c1ccc(C)cc1C. The van der Waals surface area contributed by atoms with E-state index in [2.05, 4.69) is 16.7 Å². The molecule has 2 aromatic carbocycles. The maximum Gasteiger partial charge on any atom is 0.408 e. The molecule has 202 valence electrons. The van der Waals surface area contributed by atoms with Crippen LogP contribution in [0.2, 0.25) is 0 Å². The molecule has 4 N–H and O–H groups in total. The zero-order valence-corrected chi connectivity index (χ0v) is 22.5. The van der Waals surface area contributed by atoms with Crippen LogP contribution in [0.25, 0.3) is 0 Å². The lowest BCUT2D eigenvalue weighted by atomic mass is 9.96. The van der Waals surface area contributed by atoms with Crippen molar-refractivity contribution in [2.24, 2.45) is 5.73 Å². The molecule has 2 unspecified atom stereocenters. The predicted molar refractivity (Wildman–Crippen MR) is 143 cm³/mol. The zero-order valence-electron chi connectivity index (χ0n) is 22.5. The number of carbonyl (C=O) groups excluding carboxylic acids is 4. The molecule has 2 aromatic rings. The first-order chi connectivity index (χ1) is 17.7. The van der Waals surface area contributed by atoms with E-state index in [1.165, 1.54) is 7.11 Å². The second kappa shape index (κ2) is 12.6. The lowest BCUT2D eigenvalue weighted by Gasteiger charge is -2.31. The summed E-state index contributed by atoms with van der Waals surface area (Å²) in [5.74, 6) is -1.76. The lowest BCUT2D eigenvalue weighted by molar-refractivity contribution is -0.138. The number of hydrogen-bond acceptors (Lipinski definition) is 6. The van der Waals surface area contributed by atoms with Gasteiger partial charge in [-0.1, -0.05) is 30.2 Å². The van der Waals surface area contributed by atoms with Gasteiger partial charge in [-0.15, -0.1) is 0 Å². The van der Waals surface area contributed by atoms with E-state index in [9.17, 15) is 19.2 Å². The van der Waals surface area contributed by atoms with Gasteiger partial charge in [0.2, 0.25) is 5.91 Å². The van der Waals surface area contributed by atoms with Crippen LogP contribution < -0.4 is 21.1 Å². The highest BCUT2D eigenvalue weighted by atomic mass is 16.6. The average Bonchev–Trinajstić information content (AvgIpc) is 2.81. The van der Waals surface area contributed by atoms with E-state index in [1.54, 1.807) is 64.1 Å². The second-order valence-corrected chi connectivity index (χ2v) is 9.69. The number of hydrogen-bond donors (Lipinski definition) is 3. The zero-order chi connectivity index (χ0) is 28.6. The quantitative estimate of drug-likeness (QED) is 0.341. The maximum absolute atomic E-state index is 13.7. The number of benzene rings is 2. The Labute approximate surface area is 222 Å². The number of alkyl carbamates (subject to hydrolysis) is 1. The number of nitrogens with one attached hydrogen (secondary N) is 2. The first-order valence-electron chi connectivity index (χ1n) is 11.8. The molecule has 0 saturated heterocycles. The van der Waals surface area contributed by atoms with Gasteiger partial charge in [0.05, 0.1) is 13.5 Å². The Morgan fingerprint density at radius 3 is 2.21 bits per heavy atom. The first-order valence-corrected chi connectivity index (χ1v) is 11.8. The molecule has 2 rings (SSSR count). The topological polar surface area (TPSA) is 140 Å². The molecular weight excluding hydrogens is 488 g/mol. The van der Waals surface area contributed by atoms with Crippen molar-refractivity contribution in [3.05, 3.63) is 59.2 Å². The molecule has 0 aromatic heterocycles. The molecule has 0 spiro atoms. The van der Waals surface area contributed by atoms with Crippen LogP contribution in [-0.4, -0.2) is 47.5 Å². The third-order valence-corrected chi connectivity index (χ3v) is 5.35. The van der Waals surface area contributed by atoms with Crippen molar-refractivity contribution in [1.82, 2.24) is 10.2 Å². The van der Waals surface area contributed by atoms with Gasteiger partial charge in [-0.25, -0.2) is 4.79 Å². The Kier molecular flexibility index (Phi) is 9.88. The number of methoxy groups -OCH3 is 1. The second-order valence-electron chi connectivity index (χ2n) is 9.69. The predicted octanol–water partition coefficient (Wildman–Crippen LogP) is 3.18. The van der Waals surface area contributed by atoms with E-state index in [0.717, 1.165) is 10.5 Å².